The van der Waals surface area contributed by atoms with Gasteiger partial charge in [0.2, 0.25) is 0 Å². The molecule has 28 heavy (non-hydrogen) atoms. The number of carbonyl (C=O) groups is 2. The van der Waals surface area contributed by atoms with Crippen molar-refractivity contribution in [2.45, 2.75) is 0 Å². The third kappa shape index (κ3) is 4.79. The minimum absolute atomic E-state index is 0.0492. The fourth-order valence-corrected chi connectivity index (χ4v) is 2.43. The second-order valence-electron chi connectivity index (χ2n) is 5.86. The number of anilines is 1. The van der Waals surface area contributed by atoms with Gasteiger partial charge >= 0.3 is 0 Å². The van der Waals surface area contributed by atoms with Crippen LogP contribution in [0.15, 0.2) is 78.9 Å². The van der Waals surface area contributed by atoms with Crippen LogP contribution >= 0.6 is 0 Å². The Balaban J connectivity index is 1.56. The van der Waals surface area contributed by atoms with Crippen molar-refractivity contribution in [3.8, 4) is 5.75 Å². The van der Waals surface area contributed by atoms with Gasteiger partial charge in [0.05, 0.1) is 4.92 Å². The normalized spacial score (nSPS) is 10.1. The van der Waals surface area contributed by atoms with Crippen molar-refractivity contribution in [1.29, 1.82) is 0 Å². The highest BCUT2D eigenvalue weighted by atomic mass is 16.6. The molecule has 0 unspecified atom stereocenters. The van der Waals surface area contributed by atoms with Crippen LogP contribution < -0.4 is 10.1 Å². The maximum Gasteiger partial charge on any atom is 0.269 e. The van der Waals surface area contributed by atoms with Crippen LogP contribution in [-0.2, 0) is 0 Å². The van der Waals surface area contributed by atoms with Gasteiger partial charge in [-0.05, 0) is 48.5 Å². The predicted molar refractivity (Wildman–Crippen MR) is 104 cm³/mol. The van der Waals surface area contributed by atoms with E-state index in [1.165, 1.54) is 24.3 Å². The Labute approximate surface area is 160 Å². The minimum Gasteiger partial charge on any atom is -0.485 e. The number of nitro benzene ring substituents is 1. The summed E-state index contributed by atoms with van der Waals surface area (Å²) in [5.41, 5.74) is 1.49. The van der Waals surface area contributed by atoms with E-state index >= 15 is 0 Å². The number of nitro groups is 1. The third-order valence-electron chi connectivity index (χ3n) is 3.92. The van der Waals surface area contributed by atoms with E-state index in [-0.39, 0.29) is 24.0 Å². The summed E-state index contributed by atoms with van der Waals surface area (Å²) in [4.78, 5) is 34.5. The molecule has 1 N–H and O–H groups in total. The van der Waals surface area contributed by atoms with Gasteiger partial charge in [0.15, 0.2) is 12.4 Å². The quantitative estimate of drug-likeness (QED) is 0.380. The van der Waals surface area contributed by atoms with E-state index in [1.54, 1.807) is 48.5 Å². The van der Waals surface area contributed by atoms with Gasteiger partial charge in [0.1, 0.15) is 5.75 Å². The number of rotatable bonds is 7. The van der Waals surface area contributed by atoms with E-state index in [9.17, 15) is 19.7 Å². The van der Waals surface area contributed by atoms with E-state index in [4.69, 9.17) is 4.74 Å². The second kappa shape index (κ2) is 8.59. The molecule has 7 heteroatoms. The minimum atomic E-state index is -0.507. The molecule has 0 aromatic heterocycles. The Hall–Kier alpha value is -4.00. The molecule has 0 aliphatic heterocycles. The lowest BCUT2D eigenvalue weighted by molar-refractivity contribution is -0.384. The Morgan fingerprint density at radius 3 is 2.11 bits per heavy atom. The summed E-state index contributed by atoms with van der Waals surface area (Å²) in [5.74, 6) is -0.119. The lowest BCUT2D eigenvalue weighted by Crippen LogP contribution is -2.13. The van der Waals surface area contributed by atoms with Crippen molar-refractivity contribution < 1.29 is 19.2 Å². The summed E-state index contributed by atoms with van der Waals surface area (Å²) in [6.45, 7) is -0.201. The topological polar surface area (TPSA) is 98.5 Å². The van der Waals surface area contributed by atoms with Crippen LogP contribution in [0.3, 0.4) is 0 Å². The number of amides is 1. The number of nitrogens with zero attached hydrogens (tertiary/aromatic N) is 1. The van der Waals surface area contributed by atoms with Gasteiger partial charge in [-0.3, -0.25) is 19.7 Å². The molecule has 0 aliphatic rings. The van der Waals surface area contributed by atoms with E-state index in [0.29, 0.717) is 22.6 Å². The van der Waals surface area contributed by atoms with Gasteiger partial charge in [0.25, 0.3) is 11.6 Å². The monoisotopic (exact) mass is 376 g/mol. The van der Waals surface area contributed by atoms with Crippen molar-refractivity contribution in [1.82, 2.24) is 0 Å². The largest absolute Gasteiger partial charge is 0.485 e. The van der Waals surface area contributed by atoms with Crippen molar-refractivity contribution in [2.75, 3.05) is 11.9 Å². The van der Waals surface area contributed by atoms with E-state index < -0.39 is 4.92 Å². The van der Waals surface area contributed by atoms with Gasteiger partial charge in [-0.2, -0.15) is 0 Å². The molecule has 0 saturated heterocycles. The highest BCUT2D eigenvalue weighted by molar-refractivity contribution is 6.04. The SMILES string of the molecule is O=C(COc1ccc([N+](=O)[O-])cc1)c1ccc(NC(=O)c2ccccc2)cc1. The standard InChI is InChI=1S/C21H16N2O5/c24-20(14-28-19-12-10-18(11-13-19)23(26)27)15-6-8-17(9-7-15)22-21(25)16-4-2-1-3-5-16/h1-13H,14H2,(H,22,25). The predicted octanol–water partition coefficient (Wildman–Crippen LogP) is 4.11. The first-order valence-corrected chi connectivity index (χ1v) is 8.40. The molecule has 0 spiro atoms. The van der Waals surface area contributed by atoms with Crippen LogP contribution in [0.5, 0.6) is 5.75 Å². The maximum absolute atomic E-state index is 12.2. The fourth-order valence-electron chi connectivity index (χ4n) is 2.43. The fraction of sp³-hybridized carbons (Fsp3) is 0.0476. The molecule has 3 aromatic rings. The summed E-state index contributed by atoms with van der Waals surface area (Å²) < 4.78 is 5.37. The number of nitrogens with one attached hydrogen (secondary N) is 1. The molecule has 3 rings (SSSR count). The number of benzene rings is 3. The Morgan fingerprint density at radius 2 is 1.50 bits per heavy atom. The van der Waals surface area contributed by atoms with Crippen LogP contribution in [-0.4, -0.2) is 23.2 Å². The molecule has 0 saturated carbocycles. The van der Waals surface area contributed by atoms with Crippen LogP contribution in [0.2, 0.25) is 0 Å². The van der Waals surface area contributed by atoms with E-state index in [1.807, 2.05) is 6.07 Å². The first-order chi connectivity index (χ1) is 13.5. The number of carbonyl (C=O) groups excluding carboxylic acids is 2. The molecule has 140 valence electrons. The molecule has 0 radical (unpaired) electrons. The third-order valence-corrected chi connectivity index (χ3v) is 3.92. The number of Topliss-reactive ketones (excluding diaryl/α,β-unsaturated/α-hetero) is 1. The lowest BCUT2D eigenvalue weighted by Gasteiger charge is -2.07. The van der Waals surface area contributed by atoms with Crippen molar-refractivity contribution in [3.05, 3.63) is 100 Å². The smallest absolute Gasteiger partial charge is 0.269 e. The van der Waals surface area contributed by atoms with Gasteiger partial charge in [-0.1, -0.05) is 18.2 Å². The number of ether oxygens (including phenoxy) is 1. The number of hydrogen-bond acceptors (Lipinski definition) is 5. The summed E-state index contributed by atoms with van der Waals surface area (Å²) in [6, 6.07) is 20.8. The van der Waals surface area contributed by atoms with Gasteiger partial charge in [-0.15, -0.1) is 0 Å². The molecule has 0 aliphatic carbocycles. The van der Waals surface area contributed by atoms with Crippen LogP contribution in [0.1, 0.15) is 20.7 Å². The van der Waals surface area contributed by atoms with Crippen molar-refractivity contribution >= 4 is 23.1 Å². The average molecular weight is 376 g/mol. The summed E-state index contributed by atoms with van der Waals surface area (Å²) >= 11 is 0. The van der Waals surface area contributed by atoms with Crippen LogP contribution in [0, 0.1) is 10.1 Å². The first-order valence-electron chi connectivity index (χ1n) is 8.40. The molecule has 7 nitrogen and oxygen atoms in total. The maximum atomic E-state index is 12.2. The number of hydrogen-bond donors (Lipinski definition) is 1. The first kappa shape index (κ1) is 18.8. The van der Waals surface area contributed by atoms with Crippen molar-refractivity contribution in [3.63, 3.8) is 0 Å². The Bertz CT molecular complexity index is 984. The van der Waals surface area contributed by atoms with Gasteiger partial charge in [-0.25, -0.2) is 0 Å². The van der Waals surface area contributed by atoms with E-state index in [2.05, 4.69) is 5.32 Å². The lowest BCUT2D eigenvalue weighted by atomic mass is 10.1. The summed E-state index contributed by atoms with van der Waals surface area (Å²) in [7, 11) is 0. The average Bonchev–Trinajstić information content (AvgIpc) is 2.73. The zero-order chi connectivity index (χ0) is 19.9. The molecule has 1 amide bonds. The Kier molecular flexibility index (Phi) is 5.76. The molecule has 0 bridgehead atoms. The van der Waals surface area contributed by atoms with Crippen molar-refractivity contribution in [2.24, 2.45) is 0 Å². The molecule has 0 heterocycles. The number of ketones is 1. The number of non-ortho nitro benzene ring substituents is 1. The zero-order valence-corrected chi connectivity index (χ0v) is 14.7. The van der Waals surface area contributed by atoms with E-state index in [0.717, 1.165) is 0 Å². The molecule has 3 aromatic carbocycles. The molecular formula is C21H16N2O5. The summed E-state index contributed by atoms with van der Waals surface area (Å²) in [6.07, 6.45) is 0. The zero-order valence-electron chi connectivity index (χ0n) is 14.7. The summed E-state index contributed by atoms with van der Waals surface area (Å²) in [5, 5.41) is 13.4. The molecular weight excluding hydrogens is 360 g/mol. The highest BCUT2D eigenvalue weighted by Gasteiger charge is 2.10. The highest BCUT2D eigenvalue weighted by Crippen LogP contribution is 2.18. The van der Waals surface area contributed by atoms with Gasteiger partial charge < -0.3 is 10.1 Å². The Morgan fingerprint density at radius 1 is 0.857 bits per heavy atom. The van der Waals surface area contributed by atoms with Crippen LogP contribution in [0.4, 0.5) is 11.4 Å². The molecule has 0 fully saturated rings. The van der Waals surface area contributed by atoms with Gasteiger partial charge in [0, 0.05) is 28.9 Å². The van der Waals surface area contributed by atoms with Crippen LogP contribution in [0.25, 0.3) is 0 Å². The molecule has 0 atom stereocenters. The second-order valence-corrected chi connectivity index (χ2v) is 5.86.